The summed E-state index contributed by atoms with van der Waals surface area (Å²) in [4.78, 5) is 0. The van der Waals surface area contributed by atoms with Crippen molar-refractivity contribution in [1.82, 2.24) is 0 Å². The third-order valence-corrected chi connectivity index (χ3v) is 3.03. The fourth-order valence-electron chi connectivity index (χ4n) is 2.49. The summed E-state index contributed by atoms with van der Waals surface area (Å²) in [6, 6.07) is 0. The largest absolute Gasteiger partial charge is 0.344 e. The summed E-state index contributed by atoms with van der Waals surface area (Å²) in [5, 5.41) is 0. The zero-order chi connectivity index (χ0) is 9.05. The van der Waals surface area contributed by atoms with Gasteiger partial charge in [-0.05, 0) is 13.8 Å². The highest BCUT2D eigenvalue weighted by Crippen LogP contribution is 2.43. The number of ether oxygens (including phenoxy) is 2. The Morgan fingerprint density at radius 3 is 1.62 bits per heavy atom. The maximum absolute atomic E-state index is 5.86. The van der Waals surface area contributed by atoms with Gasteiger partial charge in [-0.1, -0.05) is 24.3 Å². The zero-order valence-electron chi connectivity index (χ0n) is 7.94. The van der Waals surface area contributed by atoms with Crippen molar-refractivity contribution in [3.63, 3.8) is 0 Å². The van der Waals surface area contributed by atoms with Gasteiger partial charge in [-0.2, -0.15) is 0 Å². The van der Waals surface area contributed by atoms with Gasteiger partial charge in [0.15, 0.2) is 5.79 Å². The van der Waals surface area contributed by atoms with Crippen LogP contribution < -0.4 is 0 Å². The summed E-state index contributed by atoms with van der Waals surface area (Å²) in [5.74, 6) is 0.456. The van der Waals surface area contributed by atoms with Gasteiger partial charge in [0, 0.05) is 11.8 Å². The summed E-state index contributed by atoms with van der Waals surface area (Å²) in [7, 11) is 0. The Labute approximate surface area is 78.2 Å². The average Bonchev–Trinajstić information content (AvgIpc) is 2.43. The van der Waals surface area contributed by atoms with E-state index in [2.05, 4.69) is 24.3 Å². The molecule has 2 bridgehead atoms. The summed E-state index contributed by atoms with van der Waals surface area (Å²) in [6.07, 6.45) is 9.42. The molecule has 0 aromatic carbocycles. The van der Waals surface area contributed by atoms with Crippen LogP contribution in [0, 0.1) is 11.8 Å². The first kappa shape index (κ1) is 7.77. The van der Waals surface area contributed by atoms with Crippen molar-refractivity contribution in [2.75, 3.05) is 0 Å². The van der Waals surface area contributed by atoms with E-state index < -0.39 is 5.79 Å². The van der Waals surface area contributed by atoms with Crippen molar-refractivity contribution in [3.8, 4) is 0 Å². The van der Waals surface area contributed by atoms with Crippen LogP contribution in [-0.2, 0) is 9.47 Å². The highest BCUT2D eigenvalue weighted by molar-refractivity contribution is 5.25. The smallest absolute Gasteiger partial charge is 0.163 e. The maximum atomic E-state index is 5.86. The summed E-state index contributed by atoms with van der Waals surface area (Å²) < 4.78 is 11.7. The van der Waals surface area contributed by atoms with Crippen LogP contribution in [0.5, 0.6) is 0 Å². The van der Waals surface area contributed by atoms with Crippen LogP contribution in [0.3, 0.4) is 0 Å². The molecule has 2 atom stereocenters. The number of hydrogen-bond donors (Lipinski definition) is 0. The quantitative estimate of drug-likeness (QED) is 0.527. The van der Waals surface area contributed by atoms with E-state index >= 15 is 0 Å². The van der Waals surface area contributed by atoms with Crippen LogP contribution in [0.1, 0.15) is 13.8 Å². The van der Waals surface area contributed by atoms with Crippen molar-refractivity contribution in [2.45, 2.75) is 31.8 Å². The van der Waals surface area contributed by atoms with Crippen molar-refractivity contribution >= 4 is 0 Å². The Bertz CT molecular complexity index is 250. The molecule has 0 N–H and O–H groups in total. The van der Waals surface area contributed by atoms with Gasteiger partial charge in [0.2, 0.25) is 0 Å². The molecule has 0 aromatic rings. The lowest BCUT2D eigenvalue weighted by molar-refractivity contribution is -0.148. The van der Waals surface area contributed by atoms with Crippen molar-refractivity contribution in [1.29, 1.82) is 0 Å². The molecule has 1 aliphatic heterocycles. The first-order valence-corrected chi connectivity index (χ1v) is 4.88. The van der Waals surface area contributed by atoms with Crippen LogP contribution >= 0.6 is 0 Å². The Morgan fingerprint density at radius 1 is 0.846 bits per heavy atom. The summed E-state index contributed by atoms with van der Waals surface area (Å²) >= 11 is 0. The lowest BCUT2D eigenvalue weighted by atomic mass is 9.78. The van der Waals surface area contributed by atoms with Crippen molar-refractivity contribution in [3.05, 3.63) is 24.3 Å². The van der Waals surface area contributed by atoms with Gasteiger partial charge in [-0.3, -0.25) is 0 Å². The second-order valence-electron chi connectivity index (χ2n) is 4.49. The Kier molecular flexibility index (Phi) is 1.35. The second kappa shape index (κ2) is 2.25. The molecule has 13 heavy (non-hydrogen) atoms. The lowest BCUT2D eigenvalue weighted by Gasteiger charge is -2.34. The molecule has 0 unspecified atom stereocenters. The molecule has 2 nitrogen and oxygen atoms in total. The fourth-order valence-corrected chi connectivity index (χ4v) is 2.49. The van der Waals surface area contributed by atoms with Crippen LogP contribution in [0.15, 0.2) is 24.3 Å². The summed E-state index contributed by atoms with van der Waals surface area (Å²) in [6.45, 7) is 3.98. The molecular formula is C11H14O2. The van der Waals surface area contributed by atoms with Crippen LogP contribution in [0.2, 0.25) is 0 Å². The van der Waals surface area contributed by atoms with Crippen LogP contribution in [0.25, 0.3) is 0 Å². The molecule has 4 aliphatic rings. The molecule has 0 spiro atoms. The van der Waals surface area contributed by atoms with Gasteiger partial charge in [-0.25, -0.2) is 0 Å². The molecule has 0 aromatic heterocycles. The molecule has 1 saturated heterocycles. The van der Waals surface area contributed by atoms with Gasteiger partial charge >= 0.3 is 0 Å². The van der Waals surface area contributed by atoms with E-state index in [9.17, 15) is 0 Å². The van der Waals surface area contributed by atoms with Gasteiger partial charge < -0.3 is 9.47 Å². The van der Waals surface area contributed by atoms with E-state index in [0.717, 1.165) is 0 Å². The first-order valence-electron chi connectivity index (χ1n) is 4.88. The Morgan fingerprint density at radius 2 is 1.23 bits per heavy atom. The monoisotopic (exact) mass is 178 g/mol. The zero-order valence-corrected chi connectivity index (χ0v) is 7.94. The molecule has 70 valence electrons. The normalized spacial score (nSPS) is 49.7. The fraction of sp³-hybridized carbons (Fsp3) is 0.636. The third kappa shape index (κ3) is 1.02. The van der Waals surface area contributed by atoms with Gasteiger partial charge in [0.1, 0.15) is 0 Å². The Hall–Kier alpha value is -0.600. The van der Waals surface area contributed by atoms with E-state index in [-0.39, 0.29) is 12.2 Å². The predicted octanol–water partition coefficient (Wildman–Crippen LogP) is 1.88. The molecule has 0 radical (unpaired) electrons. The summed E-state index contributed by atoms with van der Waals surface area (Å²) in [5.41, 5.74) is 0. The molecule has 0 saturated carbocycles. The van der Waals surface area contributed by atoms with E-state index in [1.807, 2.05) is 13.8 Å². The standard InChI is InChI=1S/C11H14O2/c1-11(2)12-9-7-3-4-8(6-5-7)10(9)13-11/h3-10H,1-2H3/t7?,8?,9-,10+. The lowest BCUT2D eigenvalue weighted by Crippen LogP contribution is -2.40. The molecule has 3 aliphatic carbocycles. The highest BCUT2D eigenvalue weighted by Gasteiger charge is 2.49. The van der Waals surface area contributed by atoms with E-state index in [4.69, 9.17) is 9.47 Å². The van der Waals surface area contributed by atoms with Gasteiger partial charge in [-0.15, -0.1) is 0 Å². The highest BCUT2D eigenvalue weighted by atomic mass is 16.8. The van der Waals surface area contributed by atoms with Crippen molar-refractivity contribution < 1.29 is 9.47 Å². The molecule has 1 fully saturated rings. The molecule has 1 heterocycles. The van der Waals surface area contributed by atoms with E-state index in [1.165, 1.54) is 0 Å². The van der Waals surface area contributed by atoms with E-state index in [1.54, 1.807) is 0 Å². The molecule has 4 rings (SSSR count). The number of rotatable bonds is 0. The molecule has 2 heteroatoms. The second-order valence-corrected chi connectivity index (χ2v) is 4.49. The van der Waals surface area contributed by atoms with Crippen molar-refractivity contribution in [2.24, 2.45) is 11.8 Å². The minimum absolute atomic E-state index is 0.245. The van der Waals surface area contributed by atoms with Crippen LogP contribution in [-0.4, -0.2) is 18.0 Å². The Balaban J connectivity index is 1.96. The maximum Gasteiger partial charge on any atom is 0.163 e. The first-order chi connectivity index (χ1) is 6.16. The average molecular weight is 178 g/mol. The SMILES string of the molecule is CC1(C)O[C@@H]2C3C=CC(C=C3)[C@@H]2O1. The predicted molar refractivity (Wildman–Crippen MR) is 49.1 cm³/mol. The third-order valence-electron chi connectivity index (χ3n) is 3.03. The topological polar surface area (TPSA) is 18.5 Å². The van der Waals surface area contributed by atoms with Gasteiger partial charge in [0.05, 0.1) is 12.2 Å². The number of hydrogen-bond acceptors (Lipinski definition) is 2. The van der Waals surface area contributed by atoms with Crippen LogP contribution in [0.4, 0.5) is 0 Å². The van der Waals surface area contributed by atoms with E-state index in [0.29, 0.717) is 11.8 Å². The minimum Gasteiger partial charge on any atom is -0.344 e. The van der Waals surface area contributed by atoms with Gasteiger partial charge in [0.25, 0.3) is 0 Å². The molecular weight excluding hydrogens is 164 g/mol. The molecule has 0 amide bonds. The minimum atomic E-state index is -0.399.